The zero-order chi connectivity index (χ0) is 15.9. The molecule has 21 heavy (non-hydrogen) atoms. The molecule has 1 aliphatic heterocycles. The molecule has 0 saturated carbocycles. The normalized spacial score (nSPS) is 25.2. The molecule has 124 valence electrons. The molecule has 0 bridgehead atoms. The Morgan fingerprint density at radius 3 is 2.67 bits per heavy atom. The number of nitrogens with zero attached hydrogens (tertiary/aromatic N) is 1. The predicted molar refractivity (Wildman–Crippen MR) is 84.6 cm³/mol. The number of likely N-dealkylation sites (N-methyl/N-ethyl adjacent to an activating group) is 1. The van der Waals surface area contributed by atoms with Gasteiger partial charge in [0, 0.05) is 12.6 Å². The number of carboxylic acid groups (broad SMARTS) is 1. The summed E-state index contributed by atoms with van der Waals surface area (Å²) in [7, 11) is 2.11. The molecular weight excluding hydrogens is 268 g/mol. The standard InChI is InChI=1S/C16H32N2O3/c1-5-10-17-16(6-2,15(19)20)9-7-11-18(4)14-8-12-21-13(14)3/h13-14,17H,5-12H2,1-4H3,(H,19,20). The van der Waals surface area contributed by atoms with Crippen LogP contribution in [0.5, 0.6) is 0 Å². The Morgan fingerprint density at radius 2 is 2.19 bits per heavy atom. The maximum atomic E-state index is 11.6. The van der Waals surface area contributed by atoms with Gasteiger partial charge in [0.15, 0.2) is 0 Å². The van der Waals surface area contributed by atoms with Gasteiger partial charge in [-0.05, 0) is 59.2 Å². The summed E-state index contributed by atoms with van der Waals surface area (Å²) in [6.07, 6.45) is 4.48. The molecule has 1 aliphatic rings. The van der Waals surface area contributed by atoms with E-state index in [1.165, 1.54) is 0 Å². The van der Waals surface area contributed by atoms with Gasteiger partial charge in [0.1, 0.15) is 5.54 Å². The highest BCUT2D eigenvalue weighted by molar-refractivity contribution is 5.78. The highest BCUT2D eigenvalue weighted by Crippen LogP contribution is 2.21. The number of rotatable bonds is 10. The van der Waals surface area contributed by atoms with E-state index in [-0.39, 0.29) is 6.10 Å². The number of hydrogen-bond acceptors (Lipinski definition) is 4. The van der Waals surface area contributed by atoms with Crippen molar-refractivity contribution in [1.29, 1.82) is 0 Å². The van der Waals surface area contributed by atoms with Crippen molar-refractivity contribution < 1.29 is 14.6 Å². The Morgan fingerprint density at radius 1 is 1.48 bits per heavy atom. The predicted octanol–water partition coefficient (Wildman–Crippen LogP) is 2.11. The molecular formula is C16H32N2O3. The van der Waals surface area contributed by atoms with Gasteiger partial charge in [0.05, 0.1) is 6.10 Å². The molecule has 2 N–H and O–H groups in total. The lowest BCUT2D eigenvalue weighted by Gasteiger charge is -2.32. The van der Waals surface area contributed by atoms with E-state index in [1.807, 2.05) is 6.92 Å². The summed E-state index contributed by atoms with van der Waals surface area (Å²) in [5.41, 5.74) is -0.769. The Kier molecular flexibility index (Phi) is 7.63. The molecule has 1 rings (SSSR count). The average Bonchev–Trinajstić information content (AvgIpc) is 2.88. The van der Waals surface area contributed by atoms with Crippen molar-refractivity contribution in [3.8, 4) is 0 Å². The van der Waals surface area contributed by atoms with Gasteiger partial charge < -0.3 is 20.1 Å². The number of carboxylic acids is 1. The Bertz CT molecular complexity index is 325. The minimum atomic E-state index is -0.769. The number of ether oxygens (including phenoxy) is 1. The number of hydrogen-bond donors (Lipinski definition) is 2. The first-order valence-corrected chi connectivity index (χ1v) is 8.27. The van der Waals surface area contributed by atoms with Crippen LogP contribution < -0.4 is 5.32 Å². The molecule has 0 radical (unpaired) electrons. The third-order valence-corrected chi connectivity index (χ3v) is 4.74. The summed E-state index contributed by atoms with van der Waals surface area (Å²) in [4.78, 5) is 14.0. The van der Waals surface area contributed by atoms with Crippen LogP contribution >= 0.6 is 0 Å². The third-order valence-electron chi connectivity index (χ3n) is 4.74. The van der Waals surface area contributed by atoms with Gasteiger partial charge in [-0.3, -0.25) is 4.79 Å². The maximum absolute atomic E-state index is 11.6. The average molecular weight is 300 g/mol. The zero-order valence-corrected chi connectivity index (χ0v) is 14.0. The van der Waals surface area contributed by atoms with Crippen LogP contribution in [0, 0.1) is 0 Å². The summed E-state index contributed by atoms with van der Waals surface area (Å²) in [6.45, 7) is 8.63. The van der Waals surface area contributed by atoms with Gasteiger partial charge in [0.25, 0.3) is 0 Å². The Hall–Kier alpha value is -0.650. The van der Waals surface area contributed by atoms with Crippen molar-refractivity contribution >= 4 is 5.97 Å². The highest BCUT2D eigenvalue weighted by Gasteiger charge is 2.35. The lowest BCUT2D eigenvalue weighted by atomic mass is 9.90. The Labute approximate surface area is 129 Å². The second-order valence-electron chi connectivity index (χ2n) is 6.18. The number of aliphatic carboxylic acids is 1. The van der Waals surface area contributed by atoms with Gasteiger partial charge in [-0.15, -0.1) is 0 Å². The van der Waals surface area contributed by atoms with Gasteiger partial charge in [-0.1, -0.05) is 13.8 Å². The first-order chi connectivity index (χ1) is 9.96. The van der Waals surface area contributed by atoms with Crippen LogP contribution in [0.2, 0.25) is 0 Å². The molecule has 0 aromatic carbocycles. The quantitative estimate of drug-likeness (QED) is 0.647. The van der Waals surface area contributed by atoms with Crippen molar-refractivity contribution in [2.24, 2.45) is 0 Å². The van der Waals surface area contributed by atoms with E-state index in [4.69, 9.17) is 4.74 Å². The summed E-state index contributed by atoms with van der Waals surface area (Å²) >= 11 is 0. The van der Waals surface area contributed by atoms with Crippen molar-refractivity contribution in [3.63, 3.8) is 0 Å². The summed E-state index contributed by atoms with van der Waals surface area (Å²) < 4.78 is 5.60. The van der Waals surface area contributed by atoms with E-state index in [0.717, 1.165) is 39.0 Å². The molecule has 1 heterocycles. The van der Waals surface area contributed by atoms with E-state index in [9.17, 15) is 9.90 Å². The second kappa shape index (κ2) is 8.71. The van der Waals surface area contributed by atoms with Gasteiger partial charge in [0.2, 0.25) is 0 Å². The fourth-order valence-corrected chi connectivity index (χ4v) is 3.18. The number of nitrogens with one attached hydrogen (secondary N) is 1. The van der Waals surface area contributed by atoms with Crippen LogP contribution in [-0.2, 0) is 9.53 Å². The van der Waals surface area contributed by atoms with E-state index < -0.39 is 11.5 Å². The monoisotopic (exact) mass is 300 g/mol. The molecule has 0 aromatic heterocycles. The molecule has 3 unspecified atom stereocenters. The van der Waals surface area contributed by atoms with Crippen LogP contribution in [0.4, 0.5) is 0 Å². The van der Waals surface area contributed by atoms with Crippen molar-refractivity contribution in [1.82, 2.24) is 10.2 Å². The van der Waals surface area contributed by atoms with Crippen LogP contribution in [0.15, 0.2) is 0 Å². The van der Waals surface area contributed by atoms with E-state index >= 15 is 0 Å². The van der Waals surface area contributed by atoms with Crippen LogP contribution in [0.1, 0.15) is 52.9 Å². The van der Waals surface area contributed by atoms with Crippen LogP contribution in [0.3, 0.4) is 0 Å². The molecule has 5 nitrogen and oxygen atoms in total. The third kappa shape index (κ3) is 4.94. The second-order valence-corrected chi connectivity index (χ2v) is 6.18. The smallest absolute Gasteiger partial charge is 0.323 e. The largest absolute Gasteiger partial charge is 0.480 e. The van der Waals surface area contributed by atoms with Gasteiger partial charge in [-0.25, -0.2) is 0 Å². The minimum Gasteiger partial charge on any atom is -0.480 e. The molecule has 1 fully saturated rings. The molecule has 0 amide bonds. The Balaban J connectivity index is 2.47. The molecule has 5 heteroatoms. The van der Waals surface area contributed by atoms with Gasteiger partial charge >= 0.3 is 5.97 Å². The summed E-state index contributed by atoms with van der Waals surface area (Å²) in [5.74, 6) is -0.723. The molecule has 0 aliphatic carbocycles. The van der Waals surface area contributed by atoms with Crippen LogP contribution in [0.25, 0.3) is 0 Å². The molecule has 3 atom stereocenters. The molecule has 0 aromatic rings. The van der Waals surface area contributed by atoms with E-state index in [0.29, 0.717) is 18.9 Å². The molecule has 1 saturated heterocycles. The zero-order valence-electron chi connectivity index (χ0n) is 14.0. The first-order valence-electron chi connectivity index (χ1n) is 8.27. The van der Waals surface area contributed by atoms with E-state index in [2.05, 4.69) is 31.1 Å². The lowest BCUT2D eigenvalue weighted by molar-refractivity contribution is -0.145. The van der Waals surface area contributed by atoms with Crippen LogP contribution in [-0.4, -0.2) is 60.4 Å². The fourth-order valence-electron chi connectivity index (χ4n) is 3.18. The van der Waals surface area contributed by atoms with Crippen molar-refractivity contribution in [3.05, 3.63) is 0 Å². The van der Waals surface area contributed by atoms with Crippen molar-refractivity contribution in [2.45, 2.75) is 70.6 Å². The van der Waals surface area contributed by atoms with Crippen molar-refractivity contribution in [2.75, 3.05) is 26.7 Å². The minimum absolute atomic E-state index is 0.281. The molecule has 0 spiro atoms. The first kappa shape index (κ1) is 18.4. The summed E-state index contributed by atoms with van der Waals surface area (Å²) in [6, 6.07) is 0.467. The van der Waals surface area contributed by atoms with Gasteiger partial charge in [-0.2, -0.15) is 0 Å². The topological polar surface area (TPSA) is 61.8 Å². The van der Waals surface area contributed by atoms with E-state index in [1.54, 1.807) is 0 Å². The fraction of sp³-hybridized carbons (Fsp3) is 0.938. The maximum Gasteiger partial charge on any atom is 0.323 e. The highest BCUT2D eigenvalue weighted by atomic mass is 16.5. The summed E-state index contributed by atoms with van der Waals surface area (Å²) in [5, 5.41) is 12.8. The number of carbonyl (C=O) groups is 1. The lowest BCUT2D eigenvalue weighted by Crippen LogP contribution is -2.52. The SMILES string of the molecule is CCCNC(CC)(CCCN(C)C1CCOC1C)C(=O)O.